The number of imidazole rings is 1. The molecule has 0 fully saturated rings. The number of rotatable bonds is 3. The van der Waals surface area contributed by atoms with Crippen molar-refractivity contribution in [2.45, 2.75) is 12.6 Å². The lowest BCUT2D eigenvalue weighted by molar-refractivity contribution is -0.0604. The number of alkyl halides is 3. The number of fused-ring (bicyclic) bond motifs is 1. The third-order valence-corrected chi connectivity index (χ3v) is 3.61. The van der Waals surface area contributed by atoms with Gasteiger partial charge >= 0.3 is 6.18 Å². The number of aliphatic imine (C=N–C) groups is 1. The first-order chi connectivity index (χ1) is 12.7. The molecule has 0 atom stereocenters. The van der Waals surface area contributed by atoms with E-state index in [0.29, 0.717) is 0 Å². The molecule has 0 unspecified atom stereocenters. The minimum atomic E-state index is -4.97. The van der Waals surface area contributed by atoms with E-state index in [0.717, 1.165) is 12.1 Å². The van der Waals surface area contributed by atoms with Gasteiger partial charge in [0.15, 0.2) is 11.5 Å². The van der Waals surface area contributed by atoms with Crippen molar-refractivity contribution >= 4 is 17.3 Å². The van der Waals surface area contributed by atoms with Crippen molar-refractivity contribution in [3.63, 3.8) is 0 Å². The SMILES string of the molecule is N=C(/N=C(\N)c1cn2ccnc2c(Cc2c(F)cccc2F)n1)C(F)(F)F. The van der Waals surface area contributed by atoms with E-state index in [1.807, 2.05) is 0 Å². The Morgan fingerprint density at radius 2 is 1.89 bits per heavy atom. The monoisotopic (exact) mass is 382 g/mol. The molecule has 3 rings (SSSR count). The summed E-state index contributed by atoms with van der Waals surface area (Å²) in [6, 6.07) is 3.35. The van der Waals surface area contributed by atoms with Crippen LogP contribution in [0.3, 0.4) is 0 Å². The van der Waals surface area contributed by atoms with Crippen molar-refractivity contribution in [2.75, 3.05) is 0 Å². The lowest BCUT2D eigenvalue weighted by Gasteiger charge is -2.09. The second-order valence-corrected chi connectivity index (χ2v) is 5.45. The molecule has 0 aliphatic heterocycles. The van der Waals surface area contributed by atoms with Crippen molar-refractivity contribution in [3.05, 3.63) is 65.4 Å². The summed E-state index contributed by atoms with van der Waals surface area (Å²) in [6.07, 6.45) is -1.18. The summed E-state index contributed by atoms with van der Waals surface area (Å²) in [5, 5.41) is 6.90. The Labute approximate surface area is 148 Å². The molecule has 6 nitrogen and oxygen atoms in total. The van der Waals surface area contributed by atoms with Crippen LogP contribution in [-0.2, 0) is 6.42 Å². The zero-order valence-corrected chi connectivity index (χ0v) is 13.4. The van der Waals surface area contributed by atoms with Crippen LogP contribution in [0.1, 0.15) is 17.0 Å². The third-order valence-electron chi connectivity index (χ3n) is 3.61. The number of benzene rings is 1. The quantitative estimate of drug-likeness (QED) is 0.415. The third kappa shape index (κ3) is 3.76. The zero-order valence-electron chi connectivity index (χ0n) is 13.4. The molecule has 0 amide bonds. The van der Waals surface area contributed by atoms with Crippen molar-refractivity contribution in [1.82, 2.24) is 14.4 Å². The van der Waals surface area contributed by atoms with Crippen LogP contribution in [0.25, 0.3) is 5.65 Å². The van der Waals surface area contributed by atoms with Gasteiger partial charge in [0.1, 0.15) is 17.3 Å². The molecule has 3 aromatic rings. The Kier molecular flexibility index (Phi) is 4.60. The molecular formula is C16H11F5N6. The molecule has 3 N–H and O–H groups in total. The predicted octanol–water partition coefficient (Wildman–Crippen LogP) is 2.84. The van der Waals surface area contributed by atoms with Gasteiger partial charge in [-0.1, -0.05) is 6.07 Å². The highest BCUT2D eigenvalue weighted by atomic mass is 19.4. The fourth-order valence-electron chi connectivity index (χ4n) is 2.35. The Balaban J connectivity index is 2.08. The number of nitrogens with two attached hydrogens (primary N) is 1. The van der Waals surface area contributed by atoms with E-state index >= 15 is 0 Å². The van der Waals surface area contributed by atoms with Crippen LogP contribution in [0, 0.1) is 17.0 Å². The topological polar surface area (TPSA) is 92.4 Å². The van der Waals surface area contributed by atoms with E-state index in [-0.39, 0.29) is 29.0 Å². The number of nitrogens with zero attached hydrogens (tertiary/aromatic N) is 4. The van der Waals surface area contributed by atoms with Crippen molar-refractivity contribution in [1.29, 1.82) is 5.41 Å². The summed E-state index contributed by atoms with van der Waals surface area (Å²) in [5.41, 5.74) is 5.41. The van der Waals surface area contributed by atoms with Gasteiger partial charge in [-0.05, 0) is 12.1 Å². The zero-order chi connectivity index (χ0) is 19.8. The molecular weight excluding hydrogens is 371 g/mol. The minimum Gasteiger partial charge on any atom is -0.382 e. The molecule has 2 aromatic heterocycles. The highest BCUT2D eigenvalue weighted by Gasteiger charge is 2.35. The largest absolute Gasteiger partial charge is 0.451 e. The molecule has 0 bridgehead atoms. The number of hydrogen-bond acceptors (Lipinski definition) is 3. The van der Waals surface area contributed by atoms with Crippen LogP contribution in [0.4, 0.5) is 22.0 Å². The predicted molar refractivity (Wildman–Crippen MR) is 86.7 cm³/mol. The van der Waals surface area contributed by atoms with Gasteiger partial charge in [0.2, 0.25) is 5.84 Å². The van der Waals surface area contributed by atoms with Gasteiger partial charge in [0.05, 0.1) is 5.69 Å². The fraction of sp³-hybridized carbons (Fsp3) is 0.125. The first kappa shape index (κ1) is 18.4. The van der Waals surface area contributed by atoms with Gasteiger partial charge in [0, 0.05) is 30.6 Å². The van der Waals surface area contributed by atoms with Gasteiger partial charge in [-0.25, -0.2) is 23.7 Å². The van der Waals surface area contributed by atoms with Crippen LogP contribution in [0.5, 0.6) is 0 Å². The Bertz CT molecular complexity index is 1030. The number of hydrogen-bond donors (Lipinski definition) is 2. The maximum Gasteiger partial charge on any atom is 0.451 e. The van der Waals surface area contributed by atoms with Crippen LogP contribution in [0.15, 0.2) is 41.8 Å². The van der Waals surface area contributed by atoms with Crippen LogP contribution >= 0.6 is 0 Å². The van der Waals surface area contributed by atoms with Crippen molar-refractivity contribution in [2.24, 2.45) is 10.7 Å². The van der Waals surface area contributed by atoms with E-state index in [9.17, 15) is 22.0 Å². The molecule has 0 saturated carbocycles. The lowest BCUT2D eigenvalue weighted by atomic mass is 10.1. The first-order valence-electron chi connectivity index (χ1n) is 7.42. The van der Waals surface area contributed by atoms with Crippen LogP contribution < -0.4 is 5.73 Å². The van der Waals surface area contributed by atoms with E-state index in [4.69, 9.17) is 11.1 Å². The number of halogens is 5. The molecule has 0 saturated heterocycles. The molecule has 0 spiro atoms. The van der Waals surface area contributed by atoms with Crippen molar-refractivity contribution in [3.8, 4) is 0 Å². The van der Waals surface area contributed by atoms with E-state index in [1.54, 1.807) is 0 Å². The molecule has 2 heterocycles. The number of amidine groups is 2. The van der Waals surface area contributed by atoms with E-state index in [1.165, 1.54) is 29.1 Å². The van der Waals surface area contributed by atoms with Crippen molar-refractivity contribution < 1.29 is 22.0 Å². The van der Waals surface area contributed by atoms with Crippen LogP contribution in [-0.4, -0.2) is 32.2 Å². The van der Waals surface area contributed by atoms with Crippen LogP contribution in [0.2, 0.25) is 0 Å². The van der Waals surface area contributed by atoms with Gasteiger partial charge in [0.25, 0.3) is 0 Å². The number of nitrogens with one attached hydrogen (secondary N) is 1. The molecule has 0 aliphatic carbocycles. The Morgan fingerprint density at radius 3 is 2.52 bits per heavy atom. The highest BCUT2D eigenvalue weighted by Crippen LogP contribution is 2.20. The molecule has 11 heteroatoms. The van der Waals surface area contributed by atoms with Gasteiger partial charge < -0.3 is 10.1 Å². The van der Waals surface area contributed by atoms with Gasteiger partial charge in [-0.15, -0.1) is 0 Å². The average molecular weight is 382 g/mol. The normalized spacial score (nSPS) is 12.6. The second kappa shape index (κ2) is 6.74. The molecule has 0 aliphatic rings. The summed E-state index contributed by atoms with van der Waals surface area (Å²) >= 11 is 0. The molecule has 0 radical (unpaired) electrons. The molecule has 140 valence electrons. The average Bonchev–Trinajstić information content (AvgIpc) is 3.06. The molecule has 1 aromatic carbocycles. The first-order valence-corrected chi connectivity index (χ1v) is 7.42. The summed E-state index contributed by atoms with van der Waals surface area (Å²) in [7, 11) is 0. The number of aromatic nitrogens is 3. The Morgan fingerprint density at radius 1 is 1.22 bits per heavy atom. The van der Waals surface area contributed by atoms with E-state index < -0.39 is 29.5 Å². The summed E-state index contributed by atoms with van der Waals surface area (Å²) < 4.78 is 66.7. The van der Waals surface area contributed by atoms with Gasteiger partial charge in [-0.3, -0.25) is 5.41 Å². The molecule has 27 heavy (non-hydrogen) atoms. The van der Waals surface area contributed by atoms with Gasteiger partial charge in [-0.2, -0.15) is 13.2 Å². The second-order valence-electron chi connectivity index (χ2n) is 5.45. The van der Waals surface area contributed by atoms with E-state index in [2.05, 4.69) is 15.0 Å². The minimum absolute atomic E-state index is 0.0817. The lowest BCUT2D eigenvalue weighted by Crippen LogP contribution is -2.25. The maximum absolute atomic E-state index is 13.9. The highest BCUT2D eigenvalue weighted by molar-refractivity contribution is 6.04. The standard InChI is InChI=1S/C16H11F5N6/c17-9-2-1-3-10(18)8(9)6-11-14-24-4-5-27(14)7-12(25-11)13(22)26-15(23)16(19,20)21/h1-5,7H,6H2,(H3,22,23,26). The summed E-state index contributed by atoms with van der Waals surface area (Å²) in [5.74, 6) is -4.16. The summed E-state index contributed by atoms with van der Waals surface area (Å²) in [4.78, 5) is 11.1. The smallest absolute Gasteiger partial charge is 0.382 e. The Hall–Kier alpha value is -3.37. The summed E-state index contributed by atoms with van der Waals surface area (Å²) in [6.45, 7) is 0. The fourth-order valence-corrected chi connectivity index (χ4v) is 2.35. The maximum atomic E-state index is 13.9.